The molecule has 0 atom stereocenters. The smallest absolute Gasteiger partial charge is 0.333 e. The Kier molecular flexibility index (Phi) is 5.04. The summed E-state index contributed by atoms with van der Waals surface area (Å²) in [6, 6.07) is 9.01. The number of nitrogens with zero attached hydrogens (tertiary/aromatic N) is 3. The Bertz CT molecular complexity index is 743. The molecule has 1 aromatic heterocycles. The minimum Gasteiger partial charge on any atom is -0.382 e. The first kappa shape index (κ1) is 15.9. The van der Waals surface area contributed by atoms with Crippen molar-refractivity contribution in [1.29, 1.82) is 0 Å². The van der Waals surface area contributed by atoms with Gasteiger partial charge in [-0.05, 0) is 22.4 Å². The molecule has 0 spiro atoms. The van der Waals surface area contributed by atoms with Crippen LogP contribution in [0.5, 0.6) is 0 Å². The van der Waals surface area contributed by atoms with Crippen LogP contribution in [0.15, 0.2) is 40.0 Å². The van der Waals surface area contributed by atoms with E-state index in [2.05, 4.69) is 25.3 Å². The molecule has 0 saturated carbocycles. The average Bonchev–Trinajstić information content (AvgIpc) is 2.92. The molecule has 0 saturated heterocycles. The monoisotopic (exact) mass is 326 g/mol. The number of benzene rings is 1. The highest BCUT2D eigenvalue weighted by Gasteiger charge is 2.14. The summed E-state index contributed by atoms with van der Waals surface area (Å²) in [6.07, 6.45) is 0. The molecule has 0 aliphatic carbocycles. The van der Waals surface area contributed by atoms with Gasteiger partial charge < -0.3 is 11.1 Å². The first-order valence-corrected chi connectivity index (χ1v) is 7.58. The normalized spacial score (nSPS) is 12.3. The van der Waals surface area contributed by atoms with Gasteiger partial charge in [0.25, 0.3) is 0 Å². The van der Waals surface area contributed by atoms with Crippen LogP contribution in [0.25, 0.3) is 0 Å². The van der Waals surface area contributed by atoms with E-state index < -0.39 is 10.3 Å². The van der Waals surface area contributed by atoms with Crippen LogP contribution in [-0.4, -0.2) is 42.2 Å². The lowest BCUT2D eigenvalue weighted by atomic mass is 10.3. The summed E-state index contributed by atoms with van der Waals surface area (Å²) in [6.45, 7) is 0.0838. The molecule has 1 heterocycles. The van der Waals surface area contributed by atoms with Crippen LogP contribution in [0.3, 0.4) is 0 Å². The van der Waals surface area contributed by atoms with Gasteiger partial charge in [-0.1, -0.05) is 18.2 Å². The van der Waals surface area contributed by atoms with E-state index >= 15 is 0 Å². The van der Waals surface area contributed by atoms with E-state index in [4.69, 9.17) is 10.3 Å². The highest BCUT2D eigenvalue weighted by atomic mass is 32.2. The second kappa shape index (κ2) is 6.98. The van der Waals surface area contributed by atoms with Gasteiger partial charge in [-0.25, -0.2) is 9.62 Å². The topological polar surface area (TPSA) is 156 Å². The first-order chi connectivity index (χ1) is 10.5. The van der Waals surface area contributed by atoms with Crippen molar-refractivity contribution < 1.29 is 17.6 Å². The Balaban J connectivity index is 2.01. The Hall–Kier alpha value is -2.50. The van der Waals surface area contributed by atoms with Crippen LogP contribution < -0.4 is 15.8 Å². The lowest BCUT2D eigenvalue weighted by Crippen LogP contribution is -2.28. The summed E-state index contributed by atoms with van der Waals surface area (Å²) in [7, 11) is -4.23. The number of hydrogen-bond donors (Lipinski definition) is 4. The van der Waals surface area contributed by atoms with Crippen molar-refractivity contribution in [2.45, 2.75) is 0 Å². The molecule has 0 amide bonds. The van der Waals surface area contributed by atoms with Crippen molar-refractivity contribution in [1.82, 2.24) is 15.0 Å². The fraction of sp³-hybridized carbons (Fsp3) is 0.182. The Morgan fingerprint density at radius 1 is 1.27 bits per heavy atom. The number of nitrogens with one attached hydrogen (secondary N) is 2. The van der Waals surface area contributed by atoms with Gasteiger partial charge in [0, 0.05) is 13.1 Å². The van der Waals surface area contributed by atoms with E-state index in [0.717, 1.165) is 0 Å². The molecule has 0 radical (unpaired) electrons. The maximum Gasteiger partial charge on any atom is 0.333 e. The Morgan fingerprint density at radius 2 is 2.00 bits per heavy atom. The number of aliphatic imine (C=N–C) groups is 1. The zero-order valence-corrected chi connectivity index (χ0v) is 12.1. The van der Waals surface area contributed by atoms with Crippen LogP contribution in [-0.2, 0) is 10.3 Å². The molecule has 2 rings (SSSR count). The minimum absolute atomic E-state index is 0.0547. The van der Waals surface area contributed by atoms with Crippen molar-refractivity contribution in [3.05, 3.63) is 36.0 Å². The summed E-state index contributed by atoms with van der Waals surface area (Å²) in [5.74, 6) is 0.312. The summed E-state index contributed by atoms with van der Waals surface area (Å²) in [5.41, 5.74) is 6.69. The molecule has 0 aliphatic rings. The third-order valence-corrected chi connectivity index (χ3v) is 3.01. The molecule has 0 aliphatic heterocycles. The third-order valence-electron chi connectivity index (χ3n) is 2.44. The molecule has 118 valence electrons. The van der Waals surface area contributed by atoms with Crippen LogP contribution in [0.4, 0.5) is 11.5 Å². The summed E-state index contributed by atoms with van der Waals surface area (Å²) >= 11 is 0. The van der Waals surface area contributed by atoms with Gasteiger partial charge in [-0.2, -0.15) is 13.1 Å². The van der Waals surface area contributed by atoms with Crippen molar-refractivity contribution >= 4 is 27.6 Å². The van der Waals surface area contributed by atoms with E-state index in [0.29, 0.717) is 5.69 Å². The van der Waals surface area contributed by atoms with Crippen LogP contribution in [0.2, 0.25) is 0 Å². The molecular weight excluding hydrogens is 312 g/mol. The van der Waals surface area contributed by atoms with Gasteiger partial charge in [-0.3, -0.25) is 4.55 Å². The summed E-state index contributed by atoms with van der Waals surface area (Å²) in [5, 5.41) is 10.0. The predicted octanol–water partition coefficient (Wildman–Crippen LogP) is -0.0891. The largest absolute Gasteiger partial charge is 0.382 e. The number of para-hydroxylation sites is 1. The van der Waals surface area contributed by atoms with Crippen LogP contribution in [0, 0.1) is 0 Å². The van der Waals surface area contributed by atoms with Gasteiger partial charge >= 0.3 is 10.3 Å². The van der Waals surface area contributed by atoms with Crippen LogP contribution >= 0.6 is 0 Å². The number of anilines is 1. The maximum absolute atomic E-state index is 10.5. The molecule has 22 heavy (non-hydrogen) atoms. The van der Waals surface area contributed by atoms with Gasteiger partial charge in [0.1, 0.15) is 0 Å². The van der Waals surface area contributed by atoms with Gasteiger partial charge in [0.05, 0.1) is 5.69 Å². The number of rotatable bonds is 7. The Labute approximate surface area is 126 Å². The standard InChI is InChI=1S/C11H14N6O4S/c12-10(15-8-4-2-1-3-5-8)9-11(17-21-16-9)13-6-7-14-22(18,19)20/h1-5,14H,6-7H2,(H2,12,15)(H,13,17)(H,18,19,20). The number of amidine groups is 1. The van der Waals surface area contributed by atoms with E-state index in [1.165, 1.54) is 0 Å². The number of nitrogens with two attached hydrogens (primary N) is 1. The van der Waals surface area contributed by atoms with Crippen LogP contribution in [0.1, 0.15) is 5.69 Å². The van der Waals surface area contributed by atoms with E-state index in [1.54, 1.807) is 12.1 Å². The highest BCUT2D eigenvalue weighted by Crippen LogP contribution is 2.14. The van der Waals surface area contributed by atoms with E-state index in [1.807, 2.05) is 22.9 Å². The molecule has 0 bridgehead atoms. The predicted molar refractivity (Wildman–Crippen MR) is 79.2 cm³/mol. The van der Waals surface area contributed by atoms with Crippen molar-refractivity contribution in [3.63, 3.8) is 0 Å². The van der Waals surface area contributed by atoms with Crippen molar-refractivity contribution in [3.8, 4) is 0 Å². The zero-order valence-electron chi connectivity index (χ0n) is 11.3. The molecular formula is C11H14N6O4S. The molecule has 5 N–H and O–H groups in total. The van der Waals surface area contributed by atoms with Gasteiger partial charge in [-0.15, -0.1) is 0 Å². The molecule has 0 fully saturated rings. The lowest BCUT2D eigenvalue weighted by molar-refractivity contribution is 0.308. The fourth-order valence-corrected chi connectivity index (χ4v) is 1.89. The number of aromatic nitrogens is 2. The first-order valence-electron chi connectivity index (χ1n) is 6.14. The SMILES string of the molecule is NC(=Nc1ccccc1)c1nonc1NCCNS(=O)(=O)O. The molecule has 11 heteroatoms. The molecule has 1 aromatic carbocycles. The van der Waals surface area contributed by atoms with E-state index in [-0.39, 0.29) is 30.4 Å². The fourth-order valence-electron chi connectivity index (χ4n) is 1.53. The zero-order chi connectivity index (χ0) is 16.0. The average molecular weight is 326 g/mol. The van der Waals surface area contributed by atoms with E-state index in [9.17, 15) is 8.42 Å². The third kappa shape index (κ3) is 4.80. The van der Waals surface area contributed by atoms with Gasteiger partial charge in [0.15, 0.2) is 11.5 Å². The maximum atomic E-state index is 10.5. The quantitative estimate of drug-likeness (QED) is 0.238. The molecule has 0 unspecified atom stereocenters. The van der Waals surface area contributed by atoms with Crippen molar-refractivity contribution in [2.75, 3.05) is 18.4 Å². The molecule has 2 aromatic rings. The Morgan fingerprint density at radius 3 is 2.68 bits per heavy atom. The lowest BCUT2D eigenvalue weighted by Gasteiger charge is -2.04. The minimum atomic E-state index is -4.23. The number of hydrogen-bond acceptors (Lipinski definition) is 7. The summed E-state index contributed by atoms with van der Waals surface area (Å²) in [4.78, 5) is 4.17. The highest BCUT2D eigenvalue weighted by molar-refractivity contribution is 7.83. The molecule has 10 nitrogen and oxygen atoms in total. The summed E-state index contributed by atoms with van der Waals surface area (Å²) < 4.78 is 36.0. The van der Waals surface area contributed by atoms with Gasteiger partial charge in [0.2, 0.25) is 5.82 Å². The second-order valence-corrected chi connectivity index (χ2v) is 5.33. The second-order valence-electron chi connectivity index (χ2n) is 4.09. The van der Waals surface area contributed by atoms with Crippen molar-refractivity contribution in [2.24, 2.45) is 10.7 Å².